The Kier molecular flexibility index (Phi) is 12.1. The Morgan fingerprint density at radius 3 is 2.27 bits per heavy atom. The molecule has 1 aromatic carbocycles. The highest BCUT2D eigenvalue weighted by molar-refractivity contribution is 9.09. The molecule has 4 amide bonds. The molecule has 4 rings (SSSR count). The Bertz CT molecular complexity index is 1810. The largest absolute Gasteiger partial charge is 0.388 e. The van der Waals surface area contributed by atoms with Gasteiger partial charge in [0.15, 0.2) is 11.6 Å². The molecule has 18 heteroatoms. The molecule has 3 heterocycles. The Balaban J connectivity index is 1.37. The van der Waals surface area contributed by atoms with Gasteiger partial charge in [-0.1, -0.05) is 31.9 Å². The molecule has 0 saturated heterocycles. The molecule has 0 atom stereocenters. The number of aromatic amines is 1. The summed E-state index contributed by atoms with van der Waals surface area (Å²) < 4.78 is 2.88. The second-order valence-electron chi connectivity index (χ2n) is 10.6. The molecule has 16 nitrogen and oxygen atoms in total. The van der Waals surface area contributed by atoms with Gasteiger partial charge >= 0.3 is 0 Å². The van der Waals surface area contributed by atoms with Crippen LogP contribution in [-0.2, 0) is 14.1 Å². The number of alkyl halides is 2. The average molecular weight is 789 g/mol. The second kappa shape index (κ2) is 16.2. The van der Waals surface area contributed by atoms with E-state index in [4.69, 9.17) is 11.1 Å². The number of hydrogen-bond acceptors (Lipinski definition) is 8. The van der Waals surface area contributed by atoms with Crippen LogP contribution in [0.3, 0.4) is 0 Å². The lowest BCUT2D eigenvalue weighted by molar-refractivity contribution is 0.0943. The van der Waals surface area contributed by atoms with Crippen LogP contribution in [0, 0.1) is 12.3 Å². The van der Waals surface area contributed by atoms with E-state index in [0.717, 1.165) is 29.4 Å². The third-order valence-corrected chi connectivity index (χ3v) is 7.91. The van der Waals surface area contributed by atoms with E-state index in [-0.39, 0.29) is 53.4 Å². The number of amidine groups is 1. The van der Waals surface area contributed by atoms with E-state index in [1.165, 1.54) is 10.7 Å². The second-order valence-corrected chi connectivity index (χ2v) is 12.2. The summed E-state index contributed by atoms with van der Waals surface area (Å²) >= 11 is 6.94. The minimum absolute atomic E-state index is 0.0485. The van der Waals surface area contributed by atoms with E-state index in [2.05, 4.69) is 73.3 Å². The maximum absolute atomic E-state index is 13.2. The van der Waals surface area contributed by atoms with Gasteiger partial charge < -0.3 is 36.5 Å². The summed E-state index contributed by atoms with van der Waals surface area (Å²) in [5.41, 5.74) is 8.11. The molecular formula is C30H36Br2N12O4. The highest BCUT2D eigenvalue weighted by Crippen LogP contribution is 2.21. The first-order chi connectivity index (χ1) is 22.9. The number of nitrogens with two attached hydrogens (primary N) is 1. The third kappa shape index (κ3) is 8.88. The summed E-state index contributed by atoms with van der Waals surface area (Å²) in [7, 11) is 3.22. The average Bonchev–Trinajstić information content (AvgIpc) is 3.72. The fraction of sp³-hybridized carbons (Fsp3) is 0.300. The van der Waals surface area contributed by atoms with Crippen LogP contribution in [0.4, 0.5) is 23.0 Å². The zero-order chi connectivity index (χ0) is 35.0. The number of carbonyl (C=O) groups is 4. The molecule has 254 valence electrons. The van der Waals surface area contributed by atoms with Crippen LogP contribution < -0.4 is 31.9 Å². The number of aryl methyl sites for hydroxylation is 2. The van der Waals surface area contributed by atoms with Crippen LogP contribution in [0.5, 0.6) is 0 Å². The topological polar surface area (TPSA) is 221 Å². The zero-order valence-electron chi connectivity index (χ0n) is 26.5. The van der Waals surface area contributed by atoms with Gasteiger partial charge in [0.05, 0.1) is 11.5 Å². The van der Waals surface area contributed by atoms with Crippen molar-refractivity contribution < 1.29 is 19.2 Å². The highest BCUT2D eigenvalue weighted by Gasteiger charge is 2.22. The molecule has 0 aliphatic heterocycles. The third-order valence-electron chi connectivity index (χ3n) is 7.20. The van der Waals surface area contributed by atoms with Crippen molar-refractivity contribution in [3.63, 3.8) is 0 Å². The van der Waals surface area contributed by atoms with Crippen LogP contribution in [0.2, 0.25) is 0 Å². The van der Waals surface area contributed by atoms with Crippen molar-refractivity contribution in [1.29, 1.82) is 5.41 Å². The minimum atomic E-state index is -0.585. The van der Waals surface area contributed by atoms with Crippen molar-refractivity contribution >= 4 is 84.3 Å². The Morgan fingerprint density at radius 2 is 1.62 bits per heavy atom. The van der Waals surface area contributed by atoms with Gasteiger partial charge in [-0.15, -0.1) is 0 Å². The Morgan fingerprint density at radius 1 is 0.938 bits per heavy atom. The normalized spacial score (nSPS) is 10.8. The van der Waals surface area contributed by atoms with Gasteiger partial charge in [0.1, 0.15) is 17.1 Å². The SMILES string of the molecule is Cc1c(NC(=O)c2cc(NC(=O)c3ccc(N(CCBr)CCBr)cc3)cn2C)n[nH]c1C(=O)Nc1cc(C(=O)NCCC(=N)N)n(C)n1. The number of rotatable bonds is 15. The van der Waals surface area contributed by atoms with Crippen molar-refractivity contribution in [2.75, 3.05) is 51.1 Å². The van der Waals surface area contributed by atoms with Gasteiger partial charge in [0.2, 0.25) is 0 Å². The van der Waals surface area contributed by atoms with E-state index in [1.54, 1.807) is 50.0 Å². The van der Waals surface area contributed by atoms with E-state index in [0.29, 0.717) is 16.8 Å². The Labute approximate surface area is 293 Å². The van der Waals surface area contributed by atoms with Crippen molar-refractivity contribution in [2.45, 2.75) is 13.3 Å². The maximum Gasteiger partial charge on any atom is 0.275 e. The van der Waals surface area contributed by atoms with E-state index in [1.807, 2.05) is 12.1 Å². The molecule has 0 saturated carbocycles. The first-order valence-electron chi connectivity index (χ1n) is 14.7. The molecule has 0 aliphatic rings. The summed E-state index contributed by atoms with van der Waals surface area (Å²) in [4.78, 5) is 53.7. The van der Waals surface area contributed by atoms with Crippen molar-refractivity contribution in [2.24, 2.45) is 19.8 Å². The van der Waals surface area contributed by atoms with Gasteiger partial charge in [0, 0.05) is 79.9 Å². The van der Waals surface area contributed by atoms with Gasteiger partial charge in [0.25, 0.3) is 23.6 Å². The minimum Gasteiger partial charge on any atom is -0.388 e. The smallest absolute Gasteiger partial charge is 0.275 e. The van der Waals surface area contributed by atoms with Crippen LogP contribution in [-0.4, -0.2) is 84.3 Å². The van der Waals surface area contributed by atoms with Gasteiger partial charge in [-0.2, -0.15) is 10.2 Å². The Hall–Kier alpha value is -4.97. The number of hydrogen-bond donors (Lipinski definition) is 7. The number of benzene rings is 1. The molecule has 8 N–H and O–H groups in total. The first-order valence-corrected chi connectivity index (χ1v) is 16.9. The molecule has 0 bridgehead atoms. The number of nitrogens with zero attached hydrogens (tertiary/aromatic N) is 5. The summed E-state index contributed by atoms with van der Waals surface area (Å²) in [6.45, 7) is 3.46. The van der Waals surface area contributed by atoms with Gasteiger partial charge in [-0.05, 0) is 37.3 Å². The monoisotopic (exact) mass is 786 g/mol. The fourth-order valence-corrected chi connectivity index (χ4v) is 5.55. The lowest BCUT2D eigenvalue weighted by atomic mass is 10.1. The van der Waals surface area contributed by atoms with Crippen molar-refractivity contribution in [3.05, 3.63) is 70.8 Å². The summed E-state index contributed by atoms with van der Waals surface area (Å²) in [6, 6.07) is 10.3. The van der Waals surface area contributed by atoms with Crippen LogP contribution in [0.25, 0.3) is 0 Å². The summed E-state index contributed by atoms with van der Waals surface area (Å²) in [6.07, 6.45) is 1.83. The molecule has 0 unspecified atom stereocenters. The molecule has 0 fully saturated rings. The molecule has 4 aromatic rings. The fourth-order valence-electron chi connectivity index (χ4n) is 4.69. The first kappa shape index (κ1) is 35.9. The van der Waals surface area contributed by atoms with Crippen LogP contribution >= 0.6 is 31.9 Å². The molecule has 0 spiro atoms. The molecule has 0 aliphatic carbocycles. The quantitative estimate of drug-likeness (QED) is 0.0538. The molecule has 3 aromatic heterocycles. The number of nitrogens with one attached hydrogen (secondary N) is 6. The standard InChI is InChI=1S/C30H36Br2N12O4/c1-17-25(30(48)37-24-15-22(43(3)41-24)28(46)35-11-8-23(33)34)39-40-26(17)38-29(47)21-14-19(16-42(21)2)36-27(45)18-4-6-20(7-5-18)44(12-9-31)13-10-32/h4-7,14-16H,8-13H2,1-3H3,(H3,33,34)(H,35,46)(H,36,45)(H,37,41,48)(H2,38,39,40,47). The predicted octanol–water partition coefficient (Wildman–Crippen LogP) is 3.20. The number of amides is 4. The van der Waals surface area contributed by atoms with Gasteiger partial charge in [-0.3, -0.25) is 34.4 Å². The number of anilines is 4. The van der Waals surface area contributed by atoms with Crippen LogP contribution in [0.1, 0.15) is 53.8 Å². The zero-order valence-corrected chi connectivity index (χ0v) is 29.7. The van der Waals surface area contributed by atoms with E-state index in [9.17, 15) is 19.2 Å². The van der Waals surface area contributed by atoms with Crippen molar-refractivity contribution in [3.8, 4) is 0 Å². The van der Waals surface area contributed by atoms with E-state index >= 15 is 0 Å². The lowest BCUT2D eigenvalue weighted by Gasteiger charge is -2.23. The number of aromatic nitrogens is 5. The lowest BCUT2D eigenvalue weighted by Crippen LogP contribution is -2.29. The maximum atomic E-state index is 13.2. The highest BCUT2D eigenvalue weighted by atomic mass is 79.9. The summed E-state index contributed by atoms with van der Waals surface area (Å²) in [5.74, 6) is -1.64. The molecule has 0 radical (unpaired) electrons. The van der Waals surface area contributed by atoms with Crippen LogP contribution in [0.15, 0.2) is 42.6 Å². The van der Waals surface area contributed by atoms with Crippen molar-refractivity contribution in [1.82, 2.24) is 29.9 Å². The number of carbonyl (C=O) groups excluding carboxylic acids is 4. The van der Waals surface area contributed by atoms with E-state index < -0.39 is 17.7 Å². The number of halogens is 2. The molecule has 48 heavy (non-hydrogen) atoms. The summed E-state index contributed by atoms with van der Waals surface area (Å²) in [5, 5.41) is 30.5. The number of H-pyrrole nitrogens is 1. The predicted molar refractivity (Wildman–Crippen MR) is 191 cm³/mol. The molecular weight excluding hydrogens is 752 g/mol. The van der Waals surface area contributed by atoms with Gasteiger partial charge in [-0.25, -0.2) is 0 Å².